The summed E-state index contributed by atoms with van der Waals surface area (Å²) in [6.07, 6.45) is 1.80. The van der Waals surface area contributed by atoms with Gasteiger partial charge in [0.2, 0.25) is 10.0 Å². The summed E-state index contributed by atoms with van der Waals surface area (Å²) in [5, 5.41) is 20.4. The molecule has 0 aromatic heterocycles. The minimum atomic E-state index is -3.37. The lowest BCUT2D eigenvalue weighted by Gasteiger charge is -2.41. The molecule has 0 unspecified atom stereocenters. The monoisotopic (exact) mass is 537 g/mol. The van der Waals surface area contributed by atoms with Crippen molar-refractivity contribution in [1.29, 1.82) is 5.41 Å². The van der Waals surface area contributed by atoms with E-state index < -0.39 is 33.9 Å². The molecule has 0 atom stereocenters. The van der Waals surface area contributed by atoms with Crippen LogP contribution in [0.15, 0.2) is 53.0 Å². The molecule has 1 fully saturated rings. The zero-order valence-corrected chi connectivity index (χ0v) is 20.3. The maximum atomic E-state index is 13.1. The summed E-state index contributed by atoms with van der Waals surface area (Å²) in [5.74, 6) is -1.79. The molecule has 0 radical (unpaired) electrons. The van der Waals surface area contributed by atoms with Crippen molar-refractivity contribution in [3.05, 3.63) is 64.1 Å². The molecule has 1 saturated heterocycles. The van der Waals surface area contributed by atoms with Gasteiger partial charge in [-0.2, -0.15) is 0 Å². The van der Waals surface area contributed by atoms with Gasteiger partial charge in [-0.05, 0) is 36.6 Å². The Morgan fingerprint density at radius 3 is 2.39 bits per heavy atom. The first kappa shape index (κ1) is 24.9. The average molecular weight is 538 g/mol. The second-order valence-electron chi connectivity index (χ2n) is 7.76. The van der Waals surface area contributed by atoms with Gasteiger partial charge in [0.25, 0.3) is 5.91 Å². The van der Waals surface area contributed by atoms with E-state index >= 15 is 0 Å². The molecule has 1 aliphatic heterocycles. The molecule has 2 aromatic rings. The number of amidine groups is 1. The van der Waals surface area contributed by atoms with Crippen molar-refractivity contribution in [2.75, 3.05) is 26.0 Å². The Balaban J connectivity index is 1.89. The number of aliphatic carboxylic acids is 1. The van der Waals surface area contributed by atoms with Crippen molar-refractivity contribution in [3.63, 3.8) is 0 Å². The number of nitrogens with one attached hydrogen (secondary N) is 2. The Morgan fingerprint density at radius 2 is 1.82 bits per heavy atom. The molecule has 1 aliphatic rings. The van der Waals surface area contributed by atoms with Gasteiger partial charge in [0.1, 0.15) is 11.6 Å². The van der Waals surface area contributed by atoms with Crippen LogP contribution in [-0.4, -0.2) is 61.5 Å². The lowest BCUT2D eigenvalue weighted by Crippen LogP contribution is -2.53. The molecule has 176 valence electrons. The Hall–Kier alpha value is -2.76. The highest BCUT2D eigenvalue weighted by molar-refractivity contribution is 9.10. The van der Waals surface area contributed by atoms with E-state index in [1.807, 2.05) is 30.3 Å². The number of halogens is 1. The zero-order chi connectivity index (χ0) is 24.2. The quantitative estimate of drug-likeness (QED) is 0.366. The Kier molecular flexibility index (Phi) is 7.55. The number of hydrogen-bond donors (Lipinski definition) is 3. The molecular formula is C22H24BrN3O6S. The van der Waals surface area contributed by atoms with Crippen molar-refractivity contribution in [1.82, 2.24) is 9.62 Å². The number of rotatable bonds is 7. The Morgan fingerprint density at radius 1 is 1.18 bits per heavy atom. The van der Waals surface area contributed by atoms with E-state index in [1.165, 1.54) is 16.4 Å². The second kappa shape index (κ2) is 10.0. The average Bonchev–Trinajstić information content (AvgIpc) is 2.78. The first-order valence-electron chi connectivity index (χ1n) is 10.1. The maximum Gasteiger partial charge on any atom is 0.341 e. The number of hydrogen-bond acceptors (Lipinski definition) is 6. The Bertz CT molecular complexity index is 1160. The van der Waals surface area contributed by atoms with E-state index in [2.05, 4.69) is 21.2 Å². The topological polar surface area (TPSA) is 137 Å². The van der Waals surface area contributed by atoms with Gasteiger partial charge in [0.05, 0.1) is 17.2 Å². The molecule has 0 saturated carbocycles. The normalized spacial score (nSPS) is 16.1. The predicted molar refractivity (Wildman–Crippen MR) is 126 cm³/mol. The van der Waals surface area contributed by atoms with Gasteiger partial charge in [-0.25, -0.2) is 17.5 Å². The lowest BCUT2D eigenvalue weighted by molar-refractivity contribution is -0.139. The van der Waals surface area contributed by atoms with Gasteiger partial charge in [0.15, 0.2) is 6.61 Å². The first-order valence-corrected chi connectivity index (χ1v) is 12.7. The summed E-state index contributed by atoms with van der Waals surface area (Å²) >= 11 is 3.29. The molecule has 11 heteroatoms. The molecule has 33 heavy (non-hydrogen) atoms. The third kappa shape index (κ3) is 5.79. The highest BCUT2D eigenvalue weighted by atomic mass is 79.9. The van der Waals surface area contributed by atoms with Gasteiger partial charge >= 0.3 is 5.97 Å². The molecule has 0 aliphatic carbocycles. The highest BCUT2D eigenvalue weighted by Gasteiger charge is 2.42. The van der Waals surface area contributed by atoms with Crippen molar-refractivity contribution in [2.45, 2.75) is 18.3 Å². The molecule has 0 bridgehead atoms. The van der Waals surface area contributed by atoms with Crippen LogP contribution in [0, 0.1) is 5.41 Å². The summed E-state index contributed by atoms with van der Waals surface area (Å²) in [7, 11) is -3.37. The van der Waals surface area contributed by atoms with E-state index in [9.17, 15) is 18.0 Å². The predicted octanol–water partition coefficient (Wildman–Crippen LogP) is 2.61. The standard InChI is InChI=1S/C22H24BrN3O6S/c1-33(30,31)26-11-9-22(10-12-26,15-5-3-2-4-6-15)21(24)25-20(29)17-13-16(23)7-8-18(17)32-14-19(27)28/h2-8,13H,9-12,14H2,1H3,(H,27,28)(H2,24,25,29). The first-order chi connectivity index (χ1) is 15.5. The number of benzene rings is 2. The molecule has 1 amide bonds. The summed E-state index contributed by atoms with van der Waals surface area (Å²) in [6, 6.07) is 13.8. The van der Waals surface area contributed by atoms with Gasteiger partial charge in [-0.1, -0.05) is 46.3 Å². The van der Waals surface area contributed by atoms with Gasteiger partial charge in [0, 0.05) is 17.6 Å². The molecular weight excluding hydrogens is 514 g/mol. The number of carbonyl (C=O) groups excluding carboxylic acids is 1. The van der Waals surface area contributed by atoms with Gasteiger partial charge in [-0.15, -0.1) is 0 Å². The molecule has 3 N–H and O–H groups in total. The SMILES string of the molecule is CS(=O)(=O)N1CCC(C(=N)NC(=O)c2cc(Br)ccc2OCC(=O)O)(c2ccccc2)CC1. The van der Waals surface area contributed by atoms with Crippen molar-refractivity contribution >= 4 is 43.7 Å². The van der Waals surface area contributed by atoms with Crippen LogP contribution in [0.1, 0.15) is 28.8 Å². The number of carbonyl (C=O) groups is 2. The van der Waals surface area contributed by atoms with E-state index in [1.54, 1.807) is 6.07 Å². The Labute approximate surface area is 200 Å². The zero-order valence-electron chi connectivity index (χ0n) is 17.9. The van der Waals surface area contributed by atoms with Gasteiger partial charge < -0.3 is 15.2 Å². The molecule has 1 heterocycles. The summed E-state index contributed by atoms with van der Waals surface area (Å²) in [6.45, 7) is -0.180. The van der Waals surface area contributed by atoms with E-state index in [0.717, 1.165) is 11.8 Å². The fourth-order valence-corrected chi connectivity index (χ4v) is 5.09. The summed E-state index contributed by atoms with van der Waals surface area (Å²) < 4.78 is 31.2. The summed E-state index contributed by atoms with van der Waals surface area (Å²) in [4.78, 5) is 24.0. The maximum absolute atomic E-state index is 13.1. The van der Waals surface area contributed by atoms with E-state index in [4.69, 9.17) is 15.3 Å². The smallest absolute Gasteiger partial charge is 0.341 e. The third-order valence-electron chi connectivity index (χ3n) is 5.63. The van der Waals surface area contributed by atoms with Crippen LogP contribution in [0.5, 0.6) is 5.75 Å². The van der Waals surface area contributed by atoms with Crippen LogP contribution in [0.3, 0.4) is 0 Å². The van der Waals surface area contributed by atoms with Crippen molar-refractivity contribution in [3.8, 4) is 5.75 Å². The molecule has 0 spiro atoms. The summed E-state index contributed by atoms with van der Waals surface area (Å²) in [5.41, 5.74) is -0.00106. The van der Waals surface area contributed by atoms with Crippen LogP contribution in [-0.2, 0) is 20.2 Å². The number of amides is 1. The molecule has 9 nitrogen and oxygen atoms in total. The minimum Gasteiger partial charge on any atom is -0.481 e. The van der Waals surface area contributed by atoms with E-state index in [0.29, 0.717) is 17.3 Å². The number of piperidine rings is 1. The van der Waals surface area contributed by atoms with Crippen LogP contribution in [0.4, 0.5) is 0 Å². The fourth-order valence-electron chi connectivity index (χ4n) is 3.89. The van der Waals surface area contributed by atoms with Crippen LogP contribution in [0.25, 0.3) is 0 Å². The minimum absolute atomic E-state index is 0.0592. The second-order valence-corrected chi connectivity index (χ2v) is 10.7. The highest BCUT2D eigenvalue weighted by Crippen LogP contribution is 2.37. The van der Waals surface area contributed by atoms with Crippen molar-refractivity contribution < 1.29 is 27.9 Å². The van der Waals surface area contributed by atoms with Crippen LogP contribution in [0.2, 0.25) is 0 Å². The van der Waals surface area contributed by atoms with Crippen molar-refractivity contribution in [2.24, 2.45) is 0 Å². The lowest BCUT2D eigenvalue weighted by atomic mass is 9.72. The van der Waals surface area contributed by atoms with Gasteiger partial charge in [-0.3, -0.25) is 10.2 Å². The number of nitrogens with zero attached hydrogens (tertiary/aromatic N) is 1. The molecule has 3 rings (SSSR count). The number of sulfonamides is 1. The number of ether oxygens (including phenoxy) is 1. The number of carboxylic acids is 1. The van der Waals surface area contributed by atoms with Crippen LogP contribution < -0.4 is 10.1 Å². The third-order valence-corrected chi connectivity index (χ3v) is 7.42. The largest absolute Gasteiger partial charge is 0.481 e. The van der Waals surface area contributed by atoms with Crippen LogP contribution >= 0.6 is 15.9 Å². The number of carboxylic acid groups (broad SMARTS) is 1. The fraction of sp³-hybridized carbons (Fsp3) is 0.318. The van der Waals surface area contributed by atoms with E-state index in [-0.39, 0.29) is 30.2 Å². The molecule has 2 aromatic carbocycles.